The second-order valence-electron chi connectivity index (χ2n) is 4.20. The maximum atomic E-state index is 11.0. The molecule has 0 aliphatic rings. The summed E-state index contributed by atoms with van der Waals surface area (Å²) < 4.78 is 10.6. The molecular weight excluding hydrogens is 315 g/mol. The van der Waals surface area contributed by atoms with E-state index in [1.807, 2.05) is 0 Å². The third kappa shape index (κ3) is 3.80. The predicted octanol–water partition coefficient (Wildman–Crippen LogP) is 4.28. The summed E-state index contributed by atoms with van der Waals surface area (Å²) in [4.78, 5) is 11.0. The molecule has 0 aliphatic carbocycles. The van der Waals surface area contributed by atoms with Crippen LogP contribution in [0.15, 0.2) is 36.4 Å². The molecule has 0 heterocycles. The summed E-state index contributed by atoms with van der Waals surface area (Å²) in [5.74, 6) is -0.174. The van der Waals surface area contributed by atoms with Gasteiger partial charge in [0.05, 0.1) is 17.2 Å². The minimum atomic E-state index is -1.04. The van der Waals surface area contributed by atoms with Crippen LogP contribution in [0.5, 0.6) is 11.5 Å². The first-order valence-electron chi connectivity index (χ1n) is 5.99. The summed E-state index contributed by atoms with van der Waals surface area (Å²) in [6.45, 7) is 0.258. The molecule has 0 saturated carbocycles. The van der Waals surface area contributed by atoms with E-state index in [2.05, 4.69) is 0 Å². The lowest BCUT2D eigenvalue weighted by Gasteiger charge is -2.10. The minimum absolute atomic E-state index is 0.107. The summed E-state index contributed by atoms with van der Waals surface area (Å²) in [5.41, 5.74) is 0.888. The van der Waals surface area contributed by atoms with Gasteiger partial charge in [0.25, 0.3) is 0 Å². The second-order valence-corrected chi connectivity index (χ2v) is 5.02. The van der Waals surface area contributed by atoms with Crippen LogP contribution in [0, 0.1) is 0 Å². The molecule has 0 atom stereocenters. The average Bonchev–Trinajstić information content (AvgIpc) is 2.48. The highest BCUT2D eigenvalue weighted by Crippen LogP contribution is 2.27. The third-order valence-electron chi connectivity index (χ3n) is 2.79. The first-order valence-corrected chi connectivity index (χ1v) is 6.75. The molecule has 4 nitrogen and oxygen atoms in total. The van der Waals surface area contributed by atoms with E-state index in [1.54, 1.807) is 30.3 Å². The van der Waals surface area contributed by atoms with E-state index in [0.717, 1.165) is 5.56 Å². The zero-order valence-corrected chi connectivity index (χ0v) is 12.6. The Morgan fingerprint density at radius 3 is 2.52 bits per heavy atom. The highest BCUT2D eigenvalue weighted by Gasteiger charge is 2.11. The number of carbonyl (C=O) groups is 1. The van der Waals surface area contributed by atoms with Crippen molar-refractivity contribution in [2.75, 3.05) is 7.11 Å². The highest BCUT2D eigenvalue weighted by molar-refractivity contribution is 6.42. The number of ether oxygens (including phenoxy) is 2. The van der Waals surface area contributed by atoms with Crippen LogP contribution >= 0.6 is 23.2 Å². The molecule has 1 N–H and O–H groups in total. The molecule has 2 aromatic rings. The summed E-state index contributed by atoms with van der Waals surface area (Å²) in [5, 5.41) is 9.88. The first kappa shape index (κ1) is 15.5. The summed E-state index contributed by atoms with van der Waals surface area (Å²) in [6, 6.07) is 9.75. The molecule has 0 saturated heterocycles. The highest BCUT2D eigenvalue weighted by atomic mass is 35.5. The fraction of sp³-hybridized carbons (Fsp3) is 0.133. The molecule has 0 bridgehead atoms. The molecule has 2 rings (SSSR count). The number of rotatable bonds is 5. The molecule has 6 heteroatoms. The lowest BCUT2D eigenvalue weighted by molar-refractivity contribution is 0.0693. The van der Waals surface area contributed by atoms with Gasteiger partial charge >= 0.3 is 5.97 Å². The van der Waals surface area contributed by atoms with E-state index < -0.39 is 5.97 Å². The standard InChI is InChI=1S/C15H12Cl2O4/c1-20-14-6-9(2-4-11(14)15(18)19)8-21-10-3-5-12(16)13(17)7-10/h2-7H,8H2,1H3,(H,18,19). The smallest absolute Gasteiger partial charge is 0.339 e. The van der Waals surface area contributed by atoms with Crippen molar-refractivity contribution in [1.82, 2.24) is 0 Å². The molecule has 0 aliphatic heterocycles. The zero-order chi connectivity index (χ0) is 15.4. The Kier molecular flexibility index (Phi) is 4.94. The van der Waals surface area contributed by atoms with Crippen LogP contribution in [0.4, 0.5) is 0 Å². The van der Waals surface area contributed by atoms with E-state index in [1.165, 1.54) is 13.2 Å². The molecule has 0 spiro atoms. The van der Waals surface area contributed by atoms with Gasteiger partial charge in [0.15, 0.2) is 0 Å². The molecule has 0 unspecified atom stereocenters. The average molecular weight is 327 g/mol. The van der Waals surface area contributed by atoms with E-state index in [-0.39, 0.29) is 17.9 Å². The number of benzene rings is 2. The Morgan fingerprint density at radius 2 is 1.90 bits per heavy atom. The normalized spacial score (nSPS) is 10.2. The lowest BCUT2D eigenvalue weighted by atomic mass is 10.1. The monoisotopic (exact) mass is 326 g/mol. The van der Waals surface area contributed by atoms with Crippen LogP contribution in [0.3, 0.4) is 0 Å². The maximum absolute atomic E-state index is 11.0. The van der Waals surface area contributed by atoms with Gasteiger partial charge < -0.3 is 14.6 Å². The summed E-state index contributed by atoms with van der Waals surface area (Å²) in [6.07, 6.45) is 0. The second kappa shape index (κ2) is 6.70. The Bertz CT molecular complexity index is 671. The Labute approximate surface area is 131 Å². The van der Waals surface area contributed by atoms with Gasteiger partial charge in [-0.2, -0.15) is 0 Å². The van der Waals surface area contributed by atoms with Gasteiger partial charge in [-0.15, -0.1) is 0 Å². The minimum Gasteiger partial charge on any atom is -0.496 e. The van der Waals surface area contributed by atoms with Crippen molar-refractivity contribution in [2.24, 2.45) is 0 Å². The molecule has 0 radical (unpaired) electrons. The summed E-state index contributed by atoms with van der Waals surface area (Å²) >= 11 is 11.7. The fourth-order valence-corrected chi connectivity index (χ4v) is 2.02. The van der Waals surface area contributed by atoms with Crippen LogP contribution < -0.4 is 9.47 Å². The van der Waals surface area contributed by atoms with Crippen molar-refractivity contribution in [3.63, 3.8) is 0 Å². The van der Waals surface area contributed by atoms with Gasteiger partial charge in [-0.25, -0.2) is 4.79 Å². The Hall–Kier alpha value is -1.91. The summed E-state index contributed by atoms with van der Waals surface area (Å²) in [7, 11) is 1.42. The Morgan fingerprint density at radius 1 is 1.14 bits per heavy atom. The van der Waals surface area contributed by atoms with Crippen molar-refractivity contribution in [1.29, 1.82) is 0 Å². The number of aromatic carboxylic acids is 1. The number of halogens is 2. The van der Waals surface area contributed by atoms with Crippen LogP contribution in [-0.2, 0) is 6.61 Å². The fourth-order valence-electron chi connectivity index (χ4n) is 1.74. The molecule has 21 heavy (non-hydrogen) atoms. The molecule has 0 amide bonds. The molecule has 0 fully saturated rings. The maximum Gasteiger partial charge on any atom is 0.339 e. The molecule has 110 valence electrons. The predicted molar refractivity (Wildman–Crippen MR) is 80.7 cm³/mol. The van der Waals surface area contributed by atoms with Crippen LogP contribution in [0.1, 0.15) is 15.9 Å². The Balaban J connectivity index is 2.13. The zero-order valence-electron chi connectivity index (χ0n) is 11.1. The molecular formula is C15H12Cl2O4. The first-order chi connectivity index (χ1) is 10.0. The van der Waals surface area contributed by atoms with Gasteiger partial charge in [0, 0.05) is 6.07 Å². The van der Waals surface area contributed by atoms with Crippen molar-refractivity contribution in [2.45, 2.75) is 6.61 Å². The van der Waals surface area contributed by atoms with E-state index in [4.69, 9.17) is 37.8 Å². The number of carboxylic acid groups (broad SMARTS) is 1. The number of hydrogen-bond donors (Lipinski definition) is 1. The van der Waals surface area contributed by atoms with E-state index in [9.17, 15) is 4.79 Å². The van der Waals surface area contributed by atoms with Gasteiger partial charge in [0.2, 0.25) is 0 Å². The largest absolute Gasteiger partial charge is 0.496 e. The number of hydrogen-bond acceptors (Lipinski definition) is 3. The lowest BCUT2D eigenvalue weighted by Crippen LogP contribution is -2.02. The molecule has 0 aromatic heterocycles. The van der Waals surface area contributed by atoms with Crippen LogP contribution in [-0.4, -0.2) is 18.2 Å². The van der Waals surface area contributed by atoms with Crippen molar-refractivity contribution in [3.05, 3.63) is 57.6 Å². The third-order valence-corrected chi connectivity index (χ3v) is 3.53. The van der Waals surface area contributed by atoms with Crippen molar-refractivity contribution in [3.8, 4) is 11.5 Å². The topological polar surface area (TPSA) is 55.8 Å². The van der Waals surface area contributed by atoms with Gasteiger partial charge in [-0.05, 0) is 29.8 Å². The number of carboxylic acids is 1. The van der Waals surface area contributed by atoms with Crippen LogP contribution in [0.25, 0.3) is 0 Å². The quantitative estimate of drug-likeness (QED) is 0.890. The van der Waals surface area contributed by atoms with Gasteiger partial charge in [0.1, 0.15) is 23.7 Å². The van der Waals surface area contributed by atoms with Crippen molar-refractivity contribution >= 4 is 29.2 Å². The van der Waals surface area contributed by atoms with E-state index >= 15 is 0 Å². The van der Waals surface area contributed by atoms with Crippen molar-refractivity contribution < 1.29 is 19.4 Å². The SMILES string of the molecule is COc1cc(COc2ccc(Cl)c(Cl)c2)ccc1C(=O)O. The van der Waals surface area contributed by atoms with E-state index in [0.29, 0.717) is 15.8 Å². The van der Waals surface area contributed by atoms with Gasteiger partial charge in [-0.3, -0.25) is 0 Å². The van der Waals surface area contributed by atoms with Crippen LogP contribution in [0.2, 0.25) is 10.0 Å². The molecule has 2 aromatic carbocycles. The number of methoxy groups -OCH3 is 1. The van der Waals surface area contributed by atoms with Gasteiger partial charge in [-0.1, -0.05) is 29.3 Å².